The van der Waals surface area contributed by atoms with E-state index in [-0.39, 0.29) is 5.75 Å². The molecule has 9 heteroatoms. The van der Waals surface area contributed by atoms with Crippen molar-refractivity contribution in [2.24, 2.45) is 0 Å². The lowest BCUT2D eigenvalue weighted by atomic mass is 10.2. The van der Waals surface area contributed by atoms with E-state index >= 15 is 0 Å². The lowest BCUT2D eigenvalue weighted by Gasteiger charge is -2.06. The first kappa shape index (κ1) is 18.3. The Balaban J connectivity index is 1.80. The molecular weight excluding hydrogens is 360 g/mol. The third kappa shape index (κ3) is 4.02. The normalized spacial score (nSPS) is 10.7. The molecule has 0 aliphatic heterocycles. The van der Waals surface area contributed by atoms with Gasteiger partial charge in [0.05, 0.1) is 30.8 Å². The highest BCUT2D eigenvalue weighted by Crippen LogP contribution is 2.31. The average Bonchev–Trinajstić information content (AvgIpc) is 2.97. The smallest absolute Gasteiger partial charge is 0.307 e. The van der Waals surface area contributed by atoms with Crippen LogP contribution in [0.25, 0.3) is 0 Å². The van der Waals surface area contributed by atoms with Crippen molar-refractivity contribution in [3.05, 3.63) is 75.6 Å². The largest absolute Gasteiger partial charge is 0.497 e. The fraction of sp³-hybridized carbons (Fsp3) is 0.167. The van der Waals surface area contributed by atoms with Gasteiger partial charge in [-0.2, -0.15) is 9.49 Å². The summed E-state index contributed by atoms with van der Waals surface area (Å²) in [5.41, 5.74) is 0.464. The highest BCUT2D eigenvalue weighted by molar-refractivity contribution is 5.42. The van der Waals surface area contributed by atoms with Crippen LogP contribution in [0.2, 0.25) is 0 Å². The number of nitro groups is 1. The summed E-state index contributed by atoms with van der Waals surface area (Å²) in [7, 11) is 1.58. The molecule has 0 amide bonds. The van der Waals surface area contributed by atoms with Crippen LogP contribution in [-0.2, 0) is 6.54 Å². The predicted molar refractivity (Wildman–Crippen MR) is 92.1 cm³/mol. The van der Waals surface area contributed by atoms with Gasteiger partial charge in [0.25, 0.3) is 0 Å². The minimum Gasteiger partial charge on any atom is -0.497 e. The molecule has 3 rings (SSSR count). The van der Waals surface area contributed by atoms with Crippen molar-refractivity contribution >= 4 is 5.69 Å². The first-order valence-corrected chi connectivity index (χ1v) is 7.85. The third-order valence-electron chi connectivity index (χ3n) is 3.82. The van der Waals surface area contributed by atoms with Crippen molar-refractivity contribution in [2.45, 2.75) is 13.5 Å². The van der Waals surface area contributed by atoms with Crippen molar-refractivity contribution in [1.29, 1.82) is 0 Å². The maximum atomic E-state index is 14.0. The lowest BCUT2D eigenvalue weighted by molar-refractivity contribution is -0.387. The standard InChI is InChI=1S/C18H15F2N3O4/c1-11-18(27-17-8-14(19)16(23(24)25)7-15(17)20)10-22(21-11)9-12-3-5-13(26-2)6-4-12/h3-8,10H,9H2,1-2H3. The Labute approximate surface area is 152 Å². The van der Waals surface area contributed by atoms with Gasteiger partial charge in [-0.3, -0.25) is 14.8 Å². The number of benzene rings is 2. The van der Waals surface area contributed by atoms with Gasteiger partial charge in [0, 0.05) is 6.07 Å². The van der Waals surface area contributed by atoms with Crippen LogP contribution in [0.5, 0.6) is 17.2 Å². The van der Waals surface area contributed by atoms with Gasteiger partial charge in [0.1, 0.15) is 11.4 Å². The van der Waals surface area contributed by atoms with Gasteiger partial charge in [-0.15, -0.1) is 0 Å². The summed E-state index contributed by atoms with van der Waals surface area (Å²) in [4.78, 5) is 9.65. The maximum absolute atomic E-state index is 14.0. The van der Waals surface area contributed by atoms with Gasteiger partial charge in [-0.25, -0.2) is 4.39 Å². The molecule has 0 saturated carbocycles. The average molecular weight is 375 g/mol. The molecule has 7 nitrogen and oxygen atoms in total. The number of hydrogen-bond donors (Lipinski definition) is 0. The van der Waals surface area contributed by atoms with Crippen LogP contribution in [0.1, 0.15) is 11.3 Å². The van der Waals surface area contributed by atoms with Gasteiger partial charge >= 0.3 is 5.69 Å². The molecule has 0 atom stereocenters. The number of nitro benzene ring substituents is 1. The summed E-state index contributed by atoms with van der Waals surface area (Å²) in [6.07, 6.45) is 1.54. The van der Waals surface area contributed by atoms with E-state index in [9.17, 15) is 18.9 Å². The van der Waals surface area contributed by atoms with E-state index in [0.717, 1.165) is 11.3 Å². The van der Waals surface area contributed by atoms with Crippen LogP contribution >= 0.6 is 0 Å². The molecule has 0 N–H and O–H groups in total. The second kappa shape index (κ2) is 7.40. The fourth-order valence-corrected chi connectivity index (χ4v) is 2.45. The Morgan fingerprint density at radius 1 is 1.15 bits per heavy atom. The molecule has 1 aromatic heterocycles. The number of ether oxygens (including phenoxy) is 2. The molecule has 0 spiro atoms. The summed E-state index contributed by atoms with van der Waals surface area (Å²) in [6.45, 7) is 2.09. The molecule has 27 heavy (non-hydrogen) atoms. The minimum absolute atomic E-state index is 0.218. The summed E-state index contributed by atoms with van der Waals surface area (Å²) in [5, 5.41) is 14.9. The first-order valence-electron chi connectivity index (χ1n) is 7.85. The van der Waals surface area contributed by atoms with E-state index in [0.29, 0.717) is 24.4 Å². The third-order valence-corrected chi connectivity index (χ3v) is 3.82. The van der Waals surface area contributed by atoms with Gasteiger partial charge in [-0.1, -0.05) is 12.1 Å². The summed E-state index contributed by atoms with van der Waals surface area (Å²) >= 11 is 0. The number of methoxy groups -OCH3 is 1. The Kier molecular flexibility index (Phi) is 5.02. The van der Waals surface area contributed by atoms with Crippen LogP contribution in [0.15, 0.2) is 42.6 Å². The quantitative estimate of drug-likeness (QED) is 0.476. The zero-order chi connectivity index (χ0) is 19.6. The molecule has 0 aliphatic rings. The number of nitrogens with zero attached hydrogens (tertiary/aromatic N) is 3. The van der Waals surface area contributed by atoms with Gasteiger partial charge in [0.2, 0.25) is 5.82 Å². The lowest BCUT2D eigenvalue weighted by Crippen LogP contribution is -2.00. The zero-order valence-electron chi connectivity index (χ0n) is 14.5. The zero-order valence-corrected chi connectivity index (χ0v) is 14.5. The van der Waals surface area contributed by atoms with E-state index < -0.39 is 28.0 Å². The van der Waals surface area contributed by atoms with Crippen molar-refractivity contribution in [3.8, 4) is 17.2 Å². The molecule has 0 unspecified atom stereocenters. The monoisotopic (exact) mass is 375 g/mol. The highest BCUT2D eigenvalue weighted by atomic mass is 19.1. The topological polar surface area (TPSA) is 79.4 Å². The van der Waals surface area contributed by atoms with Gasteiger partial charge in [-0.05, 0) is 24.6 Å². The van der Waals surface area contributed by atoms with E-state index in [1.807, 2.05) is 24.3 Å². The minimum atomic E-state index is -1.18. The molecule has 0 saturated heterocycles. The Bertz CT molecular complexity index is 987. The van der Waals surface area contributed by atoms with Crippen molar-refractivity contribution < 1.29 is 23.2 Å². The predicted octanol–water partition coefficient (Wildman–Crippen LogP) is 4.23. The second-order valence-electron chi connectivity index (χ2n) is 5.72. The molecule has 0 radical (unpaired) electrons. The molecule has 1 heterocycles. The van der Waals surface area contributed by atoms with E-state index in [1.165, 1.54) is 0 Å². The van der Waals surface area contributed by atoms with Gasteiger partial charge < -0.3 is 9.47 Å². The van der Waals surface area contributed by atoms with Crippen LogP contribution in [0.4, 0.5) is 14.5 Å². The second-order valence-corrected chi connectivity index (χ2v) is 5.72. The van der Waals surface area contributed by atoms with Crippen LogP contribution < -0.4 is 9.47 Å². The van der Waals surface area contributed by atoms with E-state index in [4.69, 9.17) is 9.47 Å². The maximum Gasteiger partial charge on any atom is 0.307 e. The number of aromatic nitrogens is 2. The van der Waals surface area contributed by atoms with Crippen LogP contribution in [-0.4, -0.2) is 21.8 Å². The Morgan fingerprint density at radius 2 is 1.85 bits per heavy atom. The Hall–Kier alpha value is -3.49. The van der Waals surface area contributed by atoms with Crippen molar-refractivity contribution in [2.75, 3.05) is 7.11 Å². The highest BCUT2D eigenvalue weighted by Gasteiger charge is 2.20. The SMILES string of the molecule is COc1ccc(Cn2cc(Oc3cc(F)c([N+](=O)[O-])cc3F)c(C)n2)cc1. The van der Waals surface area contributed by atoms with E-state index in [2.05, 4.69) is 5.10 Å². The van der Waals surface area contributed by atoms with Crippen LogP contribution in [0, 0.1) is 28.7 Å². The molecule has 140 valence electrons. The molecule has 2 aromatic carbocycles. The van der Waals surface area contributed by atoms with Crippen molar-refractivity contribution in [1.82, 2.24) is 9.78 Å². The fourth-order valence-electron chi connectivity index (χ4n) is 2.45. The number of aryl methyl sites for hydroxylation is 1. The molecule has 0 fully saturated rings. The Morgan fingerprint density at radius 3 is 2.48 bits per heavy atom. The van der Waals surface area contributed by atoms with Crippen molar-refractivity contribution in [3.63, 3.8) is 0 Å². The van der Waals surface area contributed by atoms with Gasteiger partial charge in [0.15, 0.2) is 17.3 Å². The van der Waals surface area contributed by atoms with E-state index in [1.54, 1.807) is 24.9 Å². The molecule has 3 aromatic rings. The summed E-state index contributed by atoms with van der Waals surface area (Å²) in [5.74, 6) is -1.72. The number of rotatable bonds is 6. The molecular formula is C18H15F2N3O4. The number of hydrogen-bond acceptors (Lipinski definition) is 5. The molecule has 0 bridgehead atoms. The first-order chi connectivity index (χ1) is 12.9. The number of halogens is 2. The summed E-state index contributed by atoms with van der Waals surface area (Å²) in [6, 6.07) is 8.52. The summed E-state index contributed by atoms with van der Waals surface area (Å²) < 4.78 is 39.8. The van der Waals surface area contributed by atoms with Crippen LogP contribution in [0.3, 0.4) is 0 Å². The molecule has 0 aliphatic carbocycles.